The van der Waals surface area contributed by atoms with Crippen molar-refractivity contribution < 1.29 is 14.3 Å². The summed E-state index contributed by atoms with van der Waals surface area (Å²) in [5, 5.41) is 5.34. The molecule has 1 rings (SSSR count). The smallest absolute Gasteiger partial charge is 0.250 e. The Bertz CT molecular complexity index is 367. The number of alkyl halides is 1. The monoisotopic (exact) mass is 270 g/mol. The van der Waals surface area contributed by atoms with Gasteiger partial charge in [-0.3, -0.25) is 9.59 Å². The summed E-state index contributed by atoms with van der Waals surface area (Å²) in [6.07, 6.45) is 0.272. The fourth-order valence-electron chi connectivity index (χ4n) is 1.27. The average Bonchev–Trinajstić information content (AvgIpc) is 2.32. The number of rotatable bonds is 6. The van der Waals surface area contributed by atoms with Crippen LogP contribution in [0.25, 0.3) is 0 Å². The highest BCUT2D eigenvalue weighted by molar-refractivity contribution is 6.19. The van der Waals surface area contributed by atoms with E-state index in [0.717, 1.165) is 0 Å². The van der Waals surface area contributed by atoms with E-state index in [1.165, 1.54) is 7.11 Å². The van der Waals surface area contributed by atoms with Crippen molar-refractivity contribution >= 4 is 34.8 Å². The van der Waals surface area contributed by atoms with E-state index >= 15 is 0 Å². The highest BCUT2D eigenvalue weighted by Crippen LogP contribution is 2.13. The van der Waals surface area contributed by atoms with Crippen molar-refractivity contribution in [1.29, 1.82) is 0 Å². The molecule has 5 nitrogen and oxygen atoms in total. The van der Waals surface area contributed by atoms with Crippen molar-refractivity contribution in [2.75, 3.05) is 30.2 Å². The number of halogens is 1. The number of carbonyl (C=O) groups is 2. The van der Waals surface area contributed by atoms with Crippen LogP contribution in [0.4, 0.5) is 11.4 Å². The molecule has 0 spiro atoms. The Balaban J connectivity index is 2.52. The molecule has 18 heavy (non-hydrogen) atoms. The highest BCUT2D eigenvalue weighted by Gasteiger charge is 2.03. The maximum atomic E-state index is 11.3. The number of anilines is 2. The summed E-state index contributed by atoms with van der Waals surface area (Å²) in [5.41, 5.74) is 1.31. The Morgan fingerprint density at radius 3 is 2.06 bits per heavy atom. The predicted molar refractivity (Wildman–Crippen MR) is 70.9 cm³/mol. The van der Waals surface area contributed by atoms with Gasteiger partial charge in [0.25, 0.3) is 0 Å². The molecule has 0 atom stereocenters. The minimum atomic E-state index is -0.226. The molecule has 0 radical (unpaired) electrons. The lowest BCUT2D eigenvalue weighted by atomic mass is 10.2. The van der Waals surface area contributed by atoms with Crippen molar-refractivity contribution in [1.82, 2.24) is 0 Å². The molecule has 0 unspecified atom stereocenters. The summed E-state index contributed by atoms with van der Waals surface area (Å²) in [5.74, 6) is -0.0747. The molecule has 1 aromatic rings. The number of carbonyl (C=O) groups excluding carboxylic acids is 2. The minimum absolute atomic E-state index is 0.00814. The lowest BCUT2D eigenvalue weighted by Crippen LogP contribution is -2.17. The third-order valence-electron chi connectivity index (χ3n) is 2.05. The zero-order valence-corrected chi connectivity index (χ0v) is 10.8. The normalized spacial score (nSPS) is 9.89. The third kappa shape index (κ3) is 5.16. The van der Waals surface area contributed by atoms with Gasteiger partial charge in [-0.2, -0.15) is 0 Å². The van der Waals surface area contributed by atoms with Gasteiger partial charge < -0.3 is 15.4 Å². The summed E-state index contributed by atoms with van der Waals surface area (Å²) in [6, 6.07) is 6.80. The highest BCUT2D eigenvalue weighted by atomic mass is 35.5. The first-order valence-corrected chi connectivity index (χ1v) is 5.94. The van der Waals surface area contributed by atoms with E-state index in [1.54, 1.807) is 24.3 Å². The second kappa shape index (κ2) is 7.68. The zero-order valence-electron chi connectivity index (χ0n) is 10.0. The molecule has 0 aliphatic heterocycles. The summed E-state index contributed by atoms with van der Waals surface area (Å²) in [4.78, 5) is 22.5. The Kier molecular flexibility index (Phi) is 6.18. The number of ether oxygens (including phenoxy) is 1. The van der Waals surface area contributed by atoms with Gasteiger partial charge in [-0.05, 0) is 24.3 Å². The number of nitrogens with one attached hydrogen (secondary N) is 2. The van der Waals surface area contributed by atoms with Crippen molar-refractivity contribution in [3.63, 3.8) is 0 Å². The molecule has 0 aliphatic rings. The first-order chi connectivity index (χ1) is 8.65. The summed E-state index contributed by atoms with van der Waals surface area (Å²) in [6.45, 7) is 0.00814. The van der Waals surface area contributed by atoms with Crippen LogP contribution < -0.4 is 10.6 Å². The Morgan fingerprint density at radius 2 is 1.61 bits per heavy atom. The number of benzene rings is 1. The summed E-state index contributed by atoms with van der Waals surface area (Å²) in [7, 11) is 1.45. The predicted octanol–water partition coefficient (Wildman–Crippen LogP) is 1.84. The van der Waals surface area contributed by atoms with Gasteiger partial charge in [0, 0.05) is 30.8 Å². The molecule has 0 saturated carbocycles. The van der Waals surface area contributed by atoms with Crippen LogP contribution in [0.2, 0.25) is 0 Å². The Labute approximate surface area is 110 Å². The second-order valence-electron chi connectivity index (χ2n) is 3.55. The van der Waals surface area contributed by atoms with Crippen LogP contribution in [-0.2, 0) is 14.3 Å². The number of hydrogen-bond acceptors (Lipinski definition) is 3. The van der Waals surface area contributed by atoms with Gasteiger partial charge in [0.2, 0.25) is 11.8 Å². The van der Waals surface area contributed by atoms with Crippen LogP contribution in [-0.4, -0.2) is 31.4 Å². The molecule has 2 N–H and O–H groups in total. The molecular weight excluding hydrogens is 256 g/mol. The molecule has 0 saturated heterocycles. The first-order valence-electron chi connectivity index (χ1n) is 5.40. The number of hydrogen-bond donors (Lipinski definition) is 2. The van der Waals surface area contributed by atoms with Crippen LogP contribution in [0.5, 0.6) is 0 Å². The molecule has 98 valence electrons. The van der Waals surface area contributed by atoms with E-state index in [-0.39, 0.29) is 30.7 Å². The van der Waals surface area contributed by atoms with Gasteiger partial charge >= 0.3 is 0 Å². The minimum Gasteiger partial charge on any atom is -0.375 e. The fourth-order valence-corrected chi connectivity index (χ4v) is 1.45. The van der Waals surface area contributed by atoms with E-state index in [9.17, 15) is 9.59 Å². The van der Waals surface area contributed by atoms with E-state index in [4.69, 9.17) is 16.3 Å². The molecule has 0 heterocycles. The molecule has 2 amide bonds. The Hall–Kier alpha value is -1.59. The average molecular weight is 271 g/mol. The van der Waals surface area contributed by atoms with Crippen LogP contribution in [0.3, 0.4) is 0 Å². The van der Waals surface area contributed by atoms with Crippen molar-refractivity contribution in [3.05, 3.63) is 24.3 Å². The lowest BCUT2D eigenvalue weighted by Gasteiger charge is -2.07. The van der Waals surface area contributed by atoms with Gasteiger partial charge in [0.05, 0.1) is 0 Å². The van der Waals surface area contributed by atoms with Crippen LogP contribution in [0.15, 0.2) is 24.3 Å². The maximum Gasteiger partial charge on any atom is 0.250 e. The fraction of sp³-hybridized carbons (Fsp3) is 0.333. The SMILES string of the molecule is COCC(=O)Nc1ccc(NC(=O)CCCl)cc1. The van der Waals surface area contributed by atoms with E-state index in [0.29, 0.717) is 11.4 Å². The summed E-state index contributed by atoms with van der Waals surface area (Å²) < 4.78 is 4.70. The number of methoxy groups -OCH3 is 1. The quantitative estimate of drug-likeness (QED) is 0.775. The van der Waals surface area contributed by atoms with Gasteiger partial charge in [-0.25, -0.2) is 0 Å². The molecule has 6 heteroatoms. The summed E-state index contributed by atoms with van der Waals surface area (Å²) >= 11 is 5.45. The molecule has 1 aromatic carbocycles. The van der Waals surface area contributed by atoms with Crippen molar-refractivity contribution in [2.24, 2.45) is 0 Å². The Morgan fingerprint density at radius 1 is 1.11 bits per heavy atom. The maximum absolute atomic E-state index is 11.3. The molecular formula is C12H15ClN2O3. The largest absolute Gasteiger partial charge is 0.375 e. The standard InChI is InChI=1S/C12H15ClN2O3/c1-18-8-12(17)15-10-4-2-9(3-5-10)14-11(16)6-7-13/h2-5H,6-8H2,1H3,(H,14,16)(H,15,17). The molecule has 0 bridgehead atoms. The second-order valence-corrected chi connectivity index (χ2v) is 3.92. The van der Waals surface area contributed by atoms with E-state index in [2.05, 4.69) is 10.6 Å². The zero-order chi connectivity index (χ0) is 13.4. The van der Waals surface area contributed by atoms with Crippen LogP contribution >= 0.6 is 11.6 Å². The van der Waals surface area contributed by atoms with Crippen molar-refractivity contribution in [2.45, 2.75) is 6.42 Å². The van der Waals surface area contributed by atoms with Gasteiger partial charge in [0.1, 0.15) is 6.61 Å². The van der Waals surface area contributed by atoms with E-state index < -0.39 is 0 Å². The van der Waals surface area contributed by atoms with E-state index in [1.807, 2.05) is 0 Å². The first kappa shape index (κ1) is 14.5. The van der Waals surface area contributed by atoms with Crippen LogP contribution in [0.1, 0.15) is 6.42 Å². The third-order valence-corrected chi connectivity index (χ3v) is 2.24. The lowest BCUT2D eigenvalue weighted by molar-refractivity contribution is -0.119. The van der Waals surface area contributed by atoms with Gasteiger partial charge in [-0.15, -0.1) is 11.6 Å². The molecule has 0 aromatic heterocycles. The topological polar surface area (TPSA) is 67.4 Å². The molecule has 0 aliphatic carbocycles. The van der Waals surface area contributed by atoms with Gasteiger partial charge in [-0.1, -0.05) is 0 Å². The van der Waals surface area contributed by atoms with Gasteiger partial charge in [0.15, 0.2) is 0 Å². The molecule has 0 fully saturated rings. The number of amides is 2. The van der Waals surface area contributed by atoms with Crippen LogP contribution in [0, 0.1) is 0 Å². The van der Waals surface area contributed by atoms with Crippen molar-refractivity contribution in [3.8, 4) is 0 Å².